The van der Waals surface area contributed by atoms with E-state index in [1.807, 2.05) is 13.8 Å². The smallest absolute Gasteiger partial charge is 0.330 e. The molecular formula is C56H58Cl4N2O12. The van der Waals surface area contributed by atoms with Crippen LogP contribution in [0.5, 0.6) is 0 Å². The summed E-state index contributed by atoms with van der Waals surface area (Å²) >= 11 is 29.1. The number of unbranched alkanes of at least 4 members (excludes halogenated alkanes) is 6. The molecule has 5 aromatic carbocycles. The number of ether oxygens (including phenoxy) is 4. The van der Waals surface area contributed by atoms with Gasteiger partial charge in [-0.2, -0.15) is 0 Å². The van der Waals surface area contributed by atoms with Gasteiger partial charge < -0.3 is 18.9 Å². The van der Waals surface area contributed by atoms with Crippen molar-refractivity contribution in [2.45, 2.75) is 129 Å². The molecule has 7 rings (SSSR count). The fraction of sp³-hybridized carbons (Fsp3) is 0.429. The number of halogens is 4. The SMILES string of the molecule is C=CC(=O)OCC(COC(=O)C=C)OC(=O)CCC(=O)OCC(CC(C)C)N1C(=O)c2cc(Cl)c3c4c(Cl)cc5c6c(cc(Cl)c(c7c(Cl)cc(c2c37)C1=O)c64)C(=O)N(C(CCCCCC)CCCCCC)C5=O. The Kier molecular flexibility index (Phi) is 18.3. The Balaban J connectivity index is 1.22. The number of fused-ring (bicyclic) bond motifs is 2. The van der Waals surface area contributed by atoms with Crippen LogP contribution < -0.4 is 0 Å². The summed E-state index contributed by atoms with van der Waals surface area (Å²) < 4.78 is 20.8. The number of nitrogens with zero attached hydrogens (tertiary/aromatic N) is 2. The lowest BCUT2D eigenvalue weighted by atomic mass is 9.81. The van der Waals surface area contributed by atoms with Crippen molar-refractivity contribution in [3.63, 3.8) is 0 Å². The second kappa shape index (κ2) is 24.3. The van der Waals surface area contributed by atoms with Gasteiger partial charge in [-0.05, 0) is 49.4 Å². The van der Waals surface area contributed by atoms with Gasteiger partial charge in [0.05, 0.1) is 41.1 Å². The van der Waals surface area contributed by atoms with Crippen molar-refractivity contribution in [1.29, 1.82) is 0 Å². The molecule has 18 heteroatoms. The summed E-state index contributed by atoms with van der Waals surface area (Å²) in [6, 6.07) is 4.71. The molecular weight excluding hydrogens is 1030 g/mol. The van der Waals surface area contributed by atoms with Crippen LogP contribution in [0.1, 0.15) is 153 Å². The van der Waals surface area contributed by atoms with Gasteiger partial charge in [0.2, 0.25) is 0 Å². The quantitative estimate of drug-likeness (QED) is 0.00974. The van der Waals surface area contributed by atoms with E-state index < -0.39 is 92.3 Å². The lowest BCUT2D eigenvalue weighted by molar-refractivity contribution is -0.165. The lowest BCUT2D eigenvalue weighted by Crippen LogP contribution is -2.49. The molecule has 2 aliphatic rings. The number of esters is 4. The van der Waals surface area contributed by atoms with Crippen molar-refractivity contribution in [1.82, 2.24) is 9.80 Å². The van der Waals surface area contributed by atoms with Crippen molar-refractivity contribution in [3.05, 3.63) is 91.9 Å². The fourth-order valence-corrected chi connectivity index (χ4v) is 11.5. The van der Waals surface area contributed by atoms with E-state index in [-0.39, 0.29) is 66.1 Å². The summed E-state index contributed by atoms with van der Waals surface area (Å²) in [7, 11) is 0. The van der Waals surface area contributed by atoms with Gasteiger partial charge >= 0.3 is 23.9 Å². The molecule has 0 aliphatic carbocycles. The van der Waals surface area contributed by atoms with Crippen molar-refractivity contribution in [3.8, 4) is 0 Å². The van der Waals surface area contributed by atoms with E-state index in [1.54, 1.807) is 12.1 Å². The van der Waals surface area contributed by atoms with Gasteiger partial charge in [0.1, 0.15) is 19.8 Å². The number of amides is 4. The van der Waals surface area contributed by atoms with E-state index in [0.717, 1.165) is 68.4 Å². The normalized spacial score (nSPS) is 13.9. The predicted molar refractivity (Wildman–Crippen MR) is 286 cm³/mol. The molecule has 0 radical (unpaired) electrons. The molecule has 0 saturated carbocycles. The third-order valence-electron chi connectivity index (χ3n) is 13.6. The van der Waals surface area contributed by atoms with E-state index in [4.69, 9.17) is 65.4 Å². The molecule has 2 heterocycles. The summed E-state index contributed by atoms with van der Waals surface area (Å²) in [6.45, 7) is 13.2. The number of imide groups is 2. The minimum absolute atomic E-state index is 0.0578. The number of rotatable bonds is 26. The Hall–Kier alpha value is -5.80. The first-order chi connectivity index (χ1) is 35.4. The molecule has 0 aromatic heterocycles. The first kappa shape index (κ1) is 55.9. The summed E-state index contributed by atoms with van der Waals surface area (Å²) in [5, 5.41) is 3.18. The maximum Gasteiger partial charge on any atom is 0.330 e. The van der Waals surface area contributed by atoms with E-state index in [9.17, 15) is 38.4 Å². The standard InChI is InChI=1S/C56H58Cl4N2O12/c1-7-11-13-15-17-30(18-16-14-12-8-2)61-53(67)33-22-37(57)47-49-39(59)24-35-46-36(25-40(60)50(52(46)49)48-38(58)23-34(54(61)68)45(33)51(47)48)56(70)62(55(35)69)31(21-29(5)6)26-71-43(65)19-20-44(66)74-32(27-72-41(63)9-3)28-73-42(64)10-4/h9-10,22-25,29-32H,3-4,7-8,11-21,26-28H2,1-2,5-6H3. The summed E-state index contributed by atoms with van der Waals surface area (Å²) in [5.74, 6) is -5.82. The lowest BCUT2D eigenvalue weighted by Gasteiger charge is -2.36. The highest BCUT2D eigenvalue weighted by atomic mass is 35.5. The van der Waals surface area contributed by atoms with Crippen molar-refractivity contribution in [2.75, 3.05) is 19.8 Å². The van der Waals surface area contributed by atoms with Crippen LogP contribution in [0, 0.1) is 5.92 Å². The number of carbonyl (C=O) groups excluding carboxylic acids is 8. The van der Waals surface area contributed by atoms with Crippen LogP contribution in [0.3, 0.4) is 0 Å². The van der Waals surface area contributed by atoms with Crippen molar-refractivity contribution in [2.24, 2.45) is 5.92 Å². The molecule has 0 bridgehead atoms. The van der Waals surface area contributed by atoms with Crippen LogP contribution >= 0.6 is 46.4 Å². The van der Waals surface area contributed by atoms with E-state index in [2.05, 4.69) is 27.0 Å². The molecule has 14 nitrogen and oxygen atoms in total. The van der Waals surface area contributed by atoms with Crippen LogP contribution in [-0.2, 0) is 38.1 Å². The maximum absolute atomic E-state index is 14.9. The second-order valence-electron chi connectivity index (χ2n) is 19.2. The molecule has 1 atom stereocenters. The monoisotopic (exact) mass is 1090 g/mol. The first-order valence-electron chi connectivity index (χ1n) is 25.1. The zero-order chi connectivity index (χ0) is 53.7. The molecule has 74 heavy (non-hydrogen) atoms. The Morgan fingerprint density at radius 3 is 1.26 bits per heavy atom. The highest BCUT2D eigenvalue weighted by Gasteiger charge is 2.43. The maximum atomic E-state index is 14.9. The fourth-order valence-electron chi connectivity index (χ4n) is 10.3. The van der Waals surface area contributed by atoms with Crippen LogP contribution in [0.2, 0.25) is 20.1 Å². The Labute approximate surface area is 448 Å². The average molecular weight is 1090 g/mol. The third-order valence-corrected chi connectivity index (χ3v) is 14.8. The van der Waals surface area contributed by atoms with E-state index >= 15 is 0 Å². The van der Waals surface area contributed by atoms with E-state index in [0.29, 0.717) is 50.5 Å². The largest absolute Gasteiger partial charge is 0.463 e. The minimum atomic E-state index is -1.21. The second-order valence-corrected chi connectivity index (χ2v) is 20.8. The zero-order valence-electron chi connectivity index (χ0n) is 41.8. The Morgan fingerprint density at radius 2 is 0.892 bits per heavy atom. The van der Waals surface area contributed by atoms with Gasteiger partial charge in [-0.15, -0.1) is 0 Å². The highest BCUT2D eigenvalue weighted by Crippen LogP contribution is 2.54. The van der Waals surface area contributed by atoms with Crippen LogP contribution in [-0.4, -0.2) is 95.3 Å². The summed E-state index contributed by atoms with van der Waals surface area (Å²) in [5.41, 5.74) is 0.604. The molecule has 1 unspecified atom stereocenters. The molecule has 0 N–H and O–H groups in total. The summed E-state index contributed by atoms with van der Waals surface area (Å²) in [6.07, 6.45) is 9.08. The van der Waals surface area contributed by atoms with Gasteiger partial charge in [0, 0.05) is 81.4 Å². The van der Waals surface area contributed by atoms with Gasteiger partial charge in [0.15, 0.2) is 6.10 Å². The van der Waals surface area contributed by atoms with Crippen LogP contribution in [0.4, 0.5) is 0 Å². The van der Waals surface area contributed by atoms with Crippen LogP contribution in [0.25, 0.3) is 43.1 Å². The Bertz CT molecular complexity index is 2950. The Morgan fingerprint density at radius 1 is 0.514 bits per heavy atom. The zero-order valence-corrected chi connectivity index (χ0v) is 44.8. The molecule has 5 aromatic rings. The molecule has 4 amide bonds. The van der Waals surface area contributed by atoms with Gasteiger partial charge in [-0.25, -0.2) is 9.59 Å². The summed E-state index contributed by atoms with van der Waals surface area (Å²) in [4.78, 5) is 111. The molecule has 392 valence electrons. The molecule has 0 saturated heterocycles. The predicted octanol–water partition coefficient (Wildman–Crippen LogP) is 13.0. The first-order valence-corrected chi connectivity index (χ1v) is 26.6. The molecule has 0 spiro atoms. The topological polar surface area (TPSA) is 180 Å². The van der Waals surface area contributed by atoms with Gasteiger partial charge in [-0.3, -0.25) is 38.6 Å². The third kappa shape index (κ3) is 11.2. The van der Waals surface area contributed by atoms with E-state index in [1.165, 1.54) is 17.0 Å². The van der Waals surface area contributed by atoms with Gasteiger partial charge in [-0.1, -0.05) is 139 Å². The number of hydrogen-bond acceptors (Lipinski definition) is 12. The van der Waals surface area contributed by atoms with Crippen molar-refractivity contribution >= 4 is 137 Å². The minimum Gasteiger partial charge on any atom is -0.463 e. The molecule has 2 aliphatic heterocycles. The molecule has 0 fully saturated rings. The number of hydrogen-bond donors (Lipinski definition) is 0. The van der Waals surface area contributed by atoms with Crippen LogP contribution in [0.15, 0.2) is 49.6 Å². The van der Waals surface area contributed by atoms with Gasteiger partial charge in [0.25, 0.3) is 23.6 Å². The number of carbonyl (C=O) groups is 8. The average Bonchev–Trinajstić information content (AvgIpc) is 3.36. The van der Waals surface area contributed by atoms with Crippen molar-refractivity contribution < 1.29 is 57.3 Å². The number of benzene rings is 5. The highest BCUT2D eigenvalue weighted by molar-refractivity contribution is 6.56.